The highest BCUT2D eigenvalue weighted by molar-refractivity contribution is 4.83. The molecule has 4 heteroatoms. The predicted octanol–water partition coefficient (Wildman–Crippen LogP) is 0.679. The maximum absolute atomic E-state index is 8.73. The van der Waals surface area contributed by atoms with E-state index in [-0.39, 0.29) is 25.1 Å². The van der Waals surface area contributed by atoms with Gasteiger partial charge in [-0.3, -0.25) is 0 Å². The summed E-state index contributed by atoms with van der Waals surface area (Å²) in [6.45, 7) is 1.63. The van der Waals surface area contributed by atoms with Crippen molar-refractivity contribution in [3.63, 3.8) is 0 Å². The van der Waals surface area contributed by atoms with Crippen LogP contribution in [0.1, 0.15) is 25.7 Å². The van der Waals surface area contributed by atoms with Crippen molar-refractivity contribution in [3.8, 4) is 0 Å². The van der Waals surface area contributed by atoms with Gasteiger partial charge in [-0.2, -0.15) is 0 Å². The van der Waals surface area contributed by atoms with Gasteiger partial charge in [-0.25, -0.2) is 0 Å². The van der Waals surface area contributed by atoms with Crippen molar-refractivity contribution in [3.05, 3.63) is 0 Å². The van der Waals surface area contributed by atoms with Gasteiger partial charge in [-0.1, -0.05) is 0 Å². The number of ether oxygens (including phenoxy) is 3. The van der Waals surface area contributed by atoms with Gasteiger partial charge in [0, 0.05) is 6.61 Å². The summed E-state index contributed by atoms with van der Waals surface area (Å²) in [4.78, 5) is 0. The molecular weight excluding hydrogens is 184 g/mol. The van der Waals surface area contributed by atoms with Crippen LogP contribution in [0.4, 0.5) is 0 Å². The first-order valence-electron chi connectivity index (χ1n) is 5.39. The second kappa shape index (κ2) is 5.07. The standard InChI is InChI=1S/C10H18O4/c11-7-9-8(14-9)4-6-13-10-3-1-2-5-12-10/h8-11H,1-7H2/t8-,9-,10?/m0/s1. The van der Waals surface area contributed by atoms with Gasteiger partial charge in [0.2, 0.25) is 0 Å². The Hall–Kier alpha value is -0.160. The molecule has 2 aliphatic heterocycles. The van der Waals surface area contributed by atoms with Gasteiger partial charge in [0.25, 0.3) is 0 Å². The second-order valence-electron chi connectivity index (χ2n) is 3.85. The topological polar surface area (TPSA) is 51.2 Å². The Morgan fingerprint density at radius 1 is 1.29 bits per heavy atom. The zero-order valence-corrected chi connectivity index (χ0v) is 8.35. The molecule has 2 aliphatic rings. The van der Waals surface area contributed by atoms with Crippen molar-refractivity contribution >= 4 is 0 Å². The lowest BCUT2D eigenvalue weighted by Crippen LogP contribution is -2.23. The van der Waals surface area contributed by atoms with E-state index in [9.17, 15) is 0 Å². The van der Waals surface area contributed by atoms with Crippen LogP contribution >= 0.6 is 0 Å². The molecule has 0 amide bonds. The van der Waals surface area contributed by atoms with E-state index < -0.39 is 0 Å². The highest BCUT2D eigenvalue weighted by atomic mass is 16.7. The van der Waals surface area contributed by atoms with Crippen LogP contribution in [0, 0.1) is 0 Å². The zero-order valence-electron chi connectivity index (χ0n) is 8.35. The van der Waals surface area contributed by atoms with Gasteiger partial charge in [0.15, 0.2) is 6.29 Å². The van der Waals surface area contributed by atoms with Crippen LogP contribution < -0.4 is 0 Å². The zero-order chi connectivity index (χ0) is 9.80. The Bertz CT molecular complexity index is 168. The van der Waals surface area contributed by atoms with E-state index >= 15 is 0 Å². The minimum Gasteiger partial charge on any atom is -0.394 e. The van der Waals surface area contributed by atoms with Gasteiger partial charge >= 0.3 is 0 Å². The minimum atomic E-state index is -0.00456. The number of hydrogen-bond acceptors (Lipinski definition) is 4. The summed E-state index contributed by atoms with van der Waals surface area (Å²) >= 11 is 0. The van der Waals surface area contributed by atoms with Crippen LogP contribution in [-0.4, -0.2) is 43.4 Å². The third-order valence-corrected chi connectivity index (χ3v) is 2.71. The molecule has 0 aliphatic carbocycles. The van der Waals surface area contributed by atoms with E-state index in [0.29, 0.717) is 6.61 Å². The lowest BCUT2D eigenvalue weighted by atomic mass is 10.2. The molecule has 2 fully saturated rings. The van der Waals surface area contributed by atoms with Crippen molar-refractivity contribution in [1.29, 1.82) is 0 Å². The summed E-state index contributed by atoms with van der Waals surface area (Å²) < 4.78 is 16.1. The van der Waals surface area contributed by atoms with E-state index in [1.54, 1.807) is 0 Å². The first-order chi connectivity index (χ1) is 6.90. The van der Waals surface area contributed by atoms with Crippen LogP contribution in [0.2, 0.25) is 0 Å². The average Bonchev–Trinajstić information content (AvgIpc) is 2.98. The Balaban J connectivity index is 1.50. The Labute approximate surface area is 84.1 Å². The molecule has 2 rings (SSSR count). The molecule has 0 aromatic heterocycles. The first-order valence-corrected chi connectivity index (χ1v) is 5.39. The maximum Gasteiger partial charge on any atom is 0.157 e. The summed E-state index contributed by atoms with van der Waals surface area (Å²) in [7, 11) is 0. The molecule has 0 aromatic rings. The predicted molar refractivity (Wildman–Crippen MR) is 49.9 cm³/mol. The fourth-order valence-electron chi connectivity index (χ4n) is 1.75. The Kier molecular flexibility index (Phi) is 3.75. The second-order valence-corrected chi connectivity index (χ2v) is 3.85. The highest BCUT2D eigenvalue weighted by Crippen LogP contribution is 2.25. The molecule has 82 valence electrons. The van der Waals surface area contributed by atoms with Crippen LogP contribution in [0.5, 0.6) is 0 Å². The fraction of sp³-hybridized carbons (Fsp3) is 1.00. The molecule has 0 aromatic carbocycles. The highest BCUT2D eigenvalue weighted by Gasteiger charge is 2.37. The van der Waals surface area contributed by atoms with Crippen molar-refractivity contribution in [2.24, 2.45) is 0 Å². The molecule has 0 spiro atoms. The van der Waals surface area contributed by atoms with Crippen LogP contribution in [0.3, 0.4) is 0 Å². The summed E-state index contributed by atoms with van der Waals surface area (Å²) in [5.41, 5.74) is 0. The monoisotopic (exact) mass is 202 g/mol. The molecular formula is C10H18O4. The molecule has 2 heterocycles. The summed E-state index contributed by atoms with van der Waals surface area (Å²) in [5.74, 6) is 0. The number of hydrogen-bond donors (Lipinski definition) is 1. The molecule has 4 nitrogen and oxygen atoms in total. The summed E-state index contributed by atoms with van der Waals surface area (Å²) in [5, 5.41) is 8.73. The molecule has 0 saturated carbocycles. The van der Waals surface area contributed by atoms with E-state index in [1.165, 1.54) is 6.42 Å². The minimum absolute atomic E-state index is 0.00456. The largest absolute Gasteiger partial charge is 0.394 e. The van der Waals surface area contributed by atoms with Crippen molar-refractivity contribution < 1.29 is 19.3 Å². The molecule has 2 saturated heterocycles. The number of aliphatic hydroxyl groups is 1. The van der Waals surface area contributed by atoms with E-state index in [0.717, 1.165) is 25.9 Å². The first kappa shape index (κ1) is 10.4. The van der Waals surface area contributed by atoms with Crippen LogP contribution in [0.15, 0.2) is 0 Å². The van der Waals surface area contributed by atoms with Crippen molar-refractivity contribution in [2.75, 3.05) is 19.8 Å². The van der Waals surface area contributed by atoms with E-state index in [1.807, 2.05) is 0 Å². The van der Waals surface area contributed by atoms with Gasteiger partial charge in [0.1, 0.15) is 6.10 Å². The third kappa shape index (κ3) is 2.92. The van der Waals surface area contributed by atoms with Crippen molar-refractivity contribution in [2.45, 2.75) is 44.2 Å². The SMILES string of the molecule is OC[C@@H]1O[C@H]1CCOC1CCCCO1. The number of epoxide rings is 1. The van der Waals surface area contributed by atoms with Crippen molar-refractivity contribution in [1.82, 2.24) is 0 Å². The van der Waals surface area contributed by atoms with Crippen LogP contribution in [0.25, 0.3) is 0 Å². The maximum atomic E-state index is 8.73. The number of aliphatic hydroxyl groups excluding tert-OH is 1. The van der Waals surface area contributed by atoms with Crippen LogP contribution in [-0.2, 0) is 14.2 Å². The van der Waals surface area contributed by atoms with Gasteiger partial charge < -0.3 is 19.3 Å². The quantitative estimate of drug-likeness (QED) is 0.666. The number of rotatable bonds is 5. The molecule has 0 radical (unpaired) electrons. The normalized spacial score (nSPS) is 37.1. The molecule has 14 heavy (non-hydrogen) atoms. The third-order valence-electron chi connectivity index (χ3n) is 2.71. The van der Waals surface area contributed by atoms with Gasteiger partial charge in [0.05, 0.1) is 19.3 Å². The smallest absolute Gasteiger partial charge is 0.157 e. The Morgan fingerprint density at radius 2 is 2.21 bits per heavy atom. The summed E-state index contributed by atoms with van der Waals surface area (Å²) in [6, 6.07) is 0. The van der Waals surface area contributed by atoms with E-state index in [2.05, 4.69) is 0 Å². The summed E-state index contributed by atoms with van der Waals surface area (Å²) in [6.07, 6.45) is 4.49. The molecule has 0 bridgehead atoms. The lowest BCUT2D eigenvalue weighted by Gasteiger charge is -2.22. The lowest BCUT2D eigenvalue weighted by molar-refractivity contribution is -0.163. The molecule has 3 atom stereocenters. The van der Waals surface area contributed by atoms with Gasteiger partial charge in [-0.05, 0) is 25.7 Å². The average molecular weight is 202 g/mol. The van der Waals surface area contributed by atoms with Gasteiger partial charge in [-0.15, -0.1) is 0 Å². The van der Waals surface area contributed by atoms with E-state index in [4.69, 9.17) is 19.3 Å². The molecule has 1 unspecified atom stereocenters. The Morgan fingerprint density at radius 3 is 2.86 bits per heavy atom. The molecule has 1 N–H and O–H groups in total. The fourth-order valence-corrected chi connectivity index (χ4v) is 1.75.